The monoisotopic (exact) mass is 487 g/mol. The lowest BCUT2D eigenvalue weighted by molar-refractivity contribution is -0.140. The topological polar surface area (TPSA) is 90.4 Å². The Morgan fingerprint density at radius 1 is 1.15 bits per heavy atom. The average molecular weight is 488 g/mol. The van der Waals surface area contributed by atoms with Crippen molar-refractivity contribution in [1.82, 2.24) is 14.1 Å². The van der Waals surface area contributed by atoms with Gasteiger partial charge < -0.3 is 14.7 Å². The quantitative estimate of drug-likeness (QED) is 0.642. The molecule has 0 aromatic heterocycles. The molecule has 3 atom stereocenters. The highest BCUT2D eigenvalue weighted by Crippen LogP contribution is 2.32. The highest BCUT2D eigenvalue weighted by atomic mass is 32.2. The lowest BCUT2D eigenvalue weighted by Crippen LogP contribution is -2.46. The zero-order chi connectivity index (χ0) is 24.5. The zero-order valence-electron chi connectivity index (χ0n) is 19.9. The SMILES string of the molecule is CN(C(=O)[C@@H]1CCc2cc(S(=O)(=O)N(C)C)ccc2O1)[C@H](CN1CC[C@H](O)C1)c1ccccc1. The van der Waals surface area contributed by atoms with Crippen LogP contribution in [0, 0.1) is 0 Å². The maximum Gasteiger partial charge on any atom is 0.263 e. The number of β-amino-alcohol motifs (C(OH)–C–C–N with tert-alkyl or cyclic N) is 1. The number of nitrogens with zero attached hydrogens (tertiary/aromatic N) is 3. The van der Waals surface area contributed by atoms with Gasteiger partial charge in [0.25, 0.3) is 5.91 Å². The third-order valence-corrected chi connectivity index (χ3v) is 8.52. The first-order valence-electron chi connectivity index (χ1n) is 11.6. The Morgan fingerprint density at radius 2 is 1.88 bits per heavy atom. The molecule has 2 heterocycles. The fraction of sp³-hybridized carbons (Fsp3) is 0.480. The molecule has 9 heteroatoms. The molecule has 1 N–H and O–H groups in total. The van der Waals surface area contributed by atoms with Gasteiger partial charge in [0.05, 0.1) is 17.0 Å². The van der Waals surface area contributed by atoms with Crippen molar-refractivity contribution in [3.8, 4) is 5.75 Å². The van der Waals surface area contributed by atoms with Crippen LogP contribution in [-0.4, -0.2) is 86.5 Å². The summed E-state index contributed by atoms with van der Waals surface area (Å²) in [6.07, 6.45) is 0.824. The molecule has 1 saturated heterocycles. The standard InChI is InChI=1S/C25H33N3O5S/c1-26(2)34(31,32)21-10-12-23-19(15-21)9-11-24(33-23)25(30)27(3)22(18-7-5-4-6-8-18)17-28-14-13-20(29)16-28/h4-8,10,12,15,20,22,24,29H,9,11,13-14,16-17H2,1-3H3/t20-,22+,24-/m0/s1. The number of ether oxygens (including phenoxy) is 1. The summed E-state index contributed by atoms with van der Waals surface area (Å²) < 4.78 is 32.2. The number of amides is 1. The van der Waals surface area contributed by atoms with E-state index < -0.39 is 16.1 Å². The van der Waals surface area contributed by atoms with Gasteiger partial charge >= 0.3 is 0 Å². The second-order valence-electron chi connectivity index (χ2n) is 9.28. The molecule has 2 aliphatic rings. The fourth-order valence-corrected chi connectivity index (χ4v) is 5.59. The Balaban J connectivity index is 1.51. The third kappa shape index (κ3) is 5.12. The normalized spacial score (nSPS) is 21.7. The summed E-state index contributed by atoms with van der Waals surface area (Å²) in [6, 6.07) is 14.6. The molecule has 0 radical (unpaired) electrons. The molecule has 0 aliphatic carbocycles. The van der Waals surface area contributed by atoms with E-state index in [1.807, 2.05) is 30.3 Å². The maximum atomic E-state index is 13.5. The maximum absolute atomic E-state index is 13.5. The first-order chi connectivity index (χ1) is 16.2. The van der Waals surface area contributed by atoms with Crippen LogP contribution in [0.3, 0.4) is 0 Å². The van der Waals surface area contributed by atoms with Gasteiger partial charge in [-0.25, -0.2) is 12.7 Å². The van der Waals surface area contributed by atoms with Crippen molar-refractivity contribution >= 4 is 15.9 Å². The number of carbonyl (C=O) groups excluding carboxylic acids is 1. The molecule has 1 fully saturated rings. The van der Waals surface area contributed by atoms with Crippen LogP contribution in [0.5, 0.6) is 5.75 Å². The van der Waals surface area contributed by atoms with Crippen molar-refractivity contribution in [3.63, 3.8) is 0 Å². The molecule has 2 aliphatic heterocycles. The number of carbonyl (C=O) groups is 1. The molecule has 0 saturated carbocycles. The number of likely N-dealkylation sites (tertiary alicyclic amines) is 1. The summed E-state index contributed by atoms with van der Waals surface area (Å²) in [7, 11) is 1.28. The summed E-state index contributed by atoms with van der Waals surface area (Å²) in [6.45, 7) is 2.05. The Labute approximate surface area is 201 Å². The summed E-state index contributed by atoms with van der Waals surface area (Å²) >= 11 is 0. The molecule has 184 valence electrons. The molecule has 34 heavy (non-hydrogen) atoms. The van der Waals surface area contributed by atoms with Gasteiger partial charge in [0.15, 0.2) is 6.10 Å². The molecular formula is C25H33N3O5S. The van der Waals surface area contributed by atoms with Gasteiger partial charge in [-0.15, -0.1) is 0 Å². The predicted molar refractivity (Wildman–Crippen MR) is 129 cm³/mol. The largest absolute Gasteiger partial charge is 0.480 e. The molecule has 0 bridgehead atoms. The average Bonchev–Trinajstić information content (AvgIpc) is 3.26. The molecular weight excluding hydrogens is 454 g/mol. The van der Waals surface area contributed by atoms with E-state index in [4.69, 9.17) is 4.74 Å². The Bertz CT molecular complexity index is 1120. The van der Waals surface area contributed by atoms with Crippen molar-refractivity contribution in [3.05, 3.63) is 59.7 Å². The van der Waals surface area contributed by atoms with E-state index in [1.54, 1.807) is 24.1 Å². The van der Waals surface area contributed by atoms with Gasteiger partial charge in [0.2, 0.25) is 10.0 Å². The number of hydrogen-bond donors (Lipinski definition) is 1. The number of likely N-dealkylation sites (N-methyl/N-ethyl adjacent to an activating group) is 1. The summed E-state index contributed by atoms with van der Waals surface area (Å²) in [5.74, 6) is 0.443. The Hall–Kier alpha value is -2.46. The summed E-state index contributed by atoms with van der Waals surface area (Å²) in [5, 5.41) is 9.95. The third-order valence-electron chi connectivity index (χ3n) is 6.71. The van der Waals surface area contributed by atoms with E-state index in [0.29, 0.717) is 31.7 Å². The molecule has 8 nitrogen and oxygen atoms in total. The molecule has 0 unspecified atom stereocenters. The minimum atomic E-state index is -3.53. The summed E-state index contributed by atoms with van der Waals surface area (Å²) in [5.41, 5.74) is 1.83. The Kier molecular flexibility index (Phi) is 7.28. The molecule has 0 spiro atoms. The lowest BCUT2D eigenvalue weighted by atomic mass is 10.00. The van der Waals surface area contributed by atoms with E-state index in [-0.39, 0.29) is 22.9 Å². The highest BCUT2D eigenvalue weighted by Gasteiger charge is 2.34. The van der Waals surface area contributed by atoms with E-state index in [1.165, 1.54) is 24.5 Å². The van der Waals surface area contributed by atoms with E-state index in [0.717, 1.165) is 24.1 Å². The van der Waals surface area contributed by atoms with Crippen LogP contribution in [0.1, 0.15) is 30.0 Å². The van der Waals surface area contributed by atoms with Crippen LogP contribution in [0.2, 0.25) is 0 Å². The fourth-order valence-electron chi connectivity index (χ4n) is 4.64. The van der Waals surface area contributed by atoms with Gasteiger partial charge in [-0.2, -0.15) is 0 Å². The van der Waals surface area contributed by atoms with Crippen molar-refractivity contribution in [1.29, 1.82) is 0 Å². The first-order valence-corrected chi connectivity index (χ1v) is 13.0. The smallest absolute Gasteiger partial charge is 0.263 e. The van der Waals surface area contributed by atoms with E-state index in [2.05, 4.69) is 4.90 Å². The highest BCUT2D eigenvalue weighted by molar-refractivity contribution is 7.89. The van der Waals surface area contributed by atoms with Gasteiger partial charge in [-0.1, -0.05) is 30.3 Å². The molecule has 1 amide bonds. The number of aliphatic hydroxyl groups excluding tert-OH is 1. The molecule has 4 rings (SSSR count). The number of hydrogen-bond acceptors (Lipinski definition) is 6. The second-order valence-corrected chi connectivity index (χ2v) is 11.4. The second kappa shape index (κ2) is 10.0. The van der Waals surface area contributed by atoms with Crippen LogP contribution >= 0.6 is 0 Å². The number of sulfonamides is 1. The van der Waals surface area contributed by atoms with Crippen molar-refractivity contribution in [2.24, 2.45) is 0 Å². The van der Waals surface area contributed by atoms with Crippen LogP contribution in [-0.2, 0) is 21.2 Å². The van der Waals surface area contributed by atoms with Gasteiger partial charge in [-0.3, -0.25) is 9.69 Å². The van der Waals surface area contributed by atoms with Crippen molar-refractivity contribution in [2.75, 3.05) is 40.8 Å². The van der Waals surface area contributed by atoms with Crippen LogP contribution in [0.15, 0.2) is 53.4 Å². The van der Waals surface area contributed by atoms with Gasteiger partial charge in [0.1, 0.15) is 5.75 Å². The summed E-state index contributed by atoms with van der Waals surface area (Å²) in [4.78, 5) is 17.7. The molecule has 2 aromatic rings. The van der Waals surface area contributed by atoms with Gasteiger partial charge in [0, 0.05) is 40.8 Å². The Morgan fingerprint density at radius 3 is 2.53 bits per heavy atom. The van der Waals surface area contributed by atoms with Crippen molar-refractivity contribution in [2.45, 2.75) is 42.4 Å². The van der Waals surface area contributed by atoms with E-state index in [9.17, 15) is 18.3 Å². The molecule has 2 aromatic carbocycles. The minimum Gasteiger partial charge on any atom is -0.480 e. The van der Waals surface area contributed by atoms with Gasteiger partial charge in [-0.05, 0) is 48.6 Å². The number of fused-ring (bicyclic) bond motifs is 1. The minimum absolute atomic E-state index is 0.107. The first kappa shape index (κ1) is 24.7. The zero-order valence-corrected chi connectivity index (χ0v) is 20.7. The lowest BCUT2D eigenvalue weighted by Gasteiger charge is -2.35. The number of benzene rings is 2. The number of rotatable bonds is 7. The number of aliphatic hydroxyl groups is 1. The van der Waals surface area contributed by atoms with E-state index >= 15 is 0 Å². The number of aryl methyl sites for hydroxylation is 1. The van der Waals surface area contributed by atoms with Crippen LogP contribution < -0.4 is 4.74 Å². The van der Waals surface area contributed by atoms with Crippen molar-refractivity contribution < 1.29 is 23.1 Å². The van der Waals surface area contributed by atoms with Crippen LogP contribution in [0.4, 0.5) is 0 Å². The predicted octanol–water partition coefficient (Wildman–Crippen LogP) is 1.90. The van der Waals surface area contributed by atoms with Crippen LogP contribution in [0.25, 0.3) is 0 Å².